The highest BCUT2D eigenvalue weighted by atomic mass is 35.5. The third kappa shape index (κ3) is 6.32. The van der Waals surface area contributed by atoms with E-state index in [1.54, 1.807) is 19.1 Å². The number of nitrogens with zero attached hydrogens (tertiary/aromatic N) is 4. The van der Waals surface area contributed by atoms with Gasteiger partial charge in [-0.25, -0.2) is 14.4 Å². The van der Waals surface area contributed by atoms with Crippen molar-refractivity contribution in [2.24, 2.45) is 0 Å². The van der Waals surface area contributed by atoms with Gasteiger partial charge in [0.1, 0.15) is 41.3 Å². The molecule has 0 amide bonds. The van der Waals surface area contributed by atoms with Gasteiger partial charge in [-0.2, -0.15) is 5.26 Å². The molecule has 1 aliphatic heterocycles. The van der Waals surface area contributed by atoms with Crippen molar-refractivity contribution < 1.29 is 47.7 Å². The number of rotatable bonds is 9. The Morgan fingerprint density at radius 2 is 1.97 bits per heavy atom. The summed E-state index contributed by atoms with van der Waals surface area (Å²) in [7, 11) is -9.62. The molecule has 18 heteroatoms. The van der Waals surface area contributed by atoms with Crippen molar-refractivity contribution in [3.05, 3.63) is 52.7 Å². The van der Waals surface area contributed by atoms with Crippen LogP contribution in [0.1, 0.15) is 30.3 Å². The summed E-state index contributed by atoms with van der Waals surface area (Å²) in [4.78, 5) is 36.0. The van der Waals surface area contributed by atoms with Gasteiger partial charge in [-0.1, -0.05) is 29.8 Å². The van der Waals surface area contributed by atoms with Crippen molar-refractivity contribution >= 4 is 43.6 Å². The lowest BCUT2D eigenvalue weighted by Crippen LogP contribution is -2.33. The van der Waals surface area contributed by atoms with E-state index in [2.05, 4.69) is 15.3 Å². The van der Waals surface area contributed by atoms with Gasteiger partial charge in [-0.3, -0.25) is 13.7 Å². The second kappa shape index (κ2) is 11.2. The maximum absolute atomic E-state index is 14.3. The number of aliphatic hydroxyl groups excluding tert-OH is 2. The van der Waals surface area contributed by atoms with Crippen LogP contribution in [-0.2, 0) is 18.4 Å². The number of aliphatic hydroxyl groups is 2. The molecule has 14 nitrogen and oxygen atoms in total. The van der Waals surface area contributed by atoms with Crippen LogP contribution in [0.5, 0.6) is 0 Å². The molecule has 4 rings (SSSR count). The number of pyridine rings is 1. The van der Waals surface area contributed by atoms with Crippen LogP contribution >= 0.6 is 26.8 Å². The molecule has 3 aromatic rings. The van der Waals surface area contributed by atoms with E-state index in [9.17, 15) is 33.9 Å². The smallest absolute Gasteiger partial charge is 0.340 e. The molecule has 1 aliphatic rings. The van der Waals surface area contributed by atoms with E-state index in [0.717, 1.165) is 0 Å². The van der Waals surface area contributed by atoms with Crippen molar-refractivity contribution in [2.75, 3.05) is 17.8 Å². The number of nitrogens with one attached hydrogen (secondary N) is 1. The summed E-state index contributed by atoms with van der Waals surface area (Å²) in [6, 6.07) is 7.33. The molecule has 1 saturated heterocycles. The predicted octanol–water partition coefficient (Wildman–Crippen LogP) is 2.22. The number of ether oxygens (including phenoxy) is 1. The number of nitriles is 1. The van der Waals surface area contributed by atoms with Gasteiger partial charge in [0.15, 0.2) is 22.9 Å². The van der Waals surface area contributed by atoms with Crippen molar-refractivity contribution in [2.45, 2.75) is 37.5 Å². The zero-order valence-electron chi connectivity index (χ0n) is 20.0. The monoisotopic (exact) mass is 605 g/mol. The number of anilines is 1. The lowest BCUT2D eigenvalue weighted by atomic mass is 10.1. The molecule has 6 N–H and O–H groups in total. The molecule has 3 heterocycles. The van der Waals surface area contributed by atoms with Gasteiger partial charge in [0.2, 0.25) is 0 Å². The van der Waals surface area contributed by atoms with E-state index < -0.39 is 64.1 Å². The highest BCUT2D eigenvalue weighted by Gasteiger charge is 2.46. The molecule has 1 unspecified atom stereocenters. The Labute approximate surface area is 225 Å². The first-order valence-electron chi connectivity index (χ1n) is 11.2. The number of imidazole rings is 1. The van der Waals surface area contributed by atoms with E-state index >= 15 is 0 Å². The normalized spacial score (nSPS) is 23.9. The molecular weight excluding hydrogens is 583 g/mol. The fourth-order valence-electron chi connectivity index (χ4n) is 4.12. The molecule has 39 heavy (non-hydrogen) atoms. The van der Waals surface area contributed by atoms with Crippen molar-refractivity contribution in [1.82, 2.24) is 14.5 Å². The van der Waals surface area contributed by atoms with E-state index in [1.165, 1.54) is 23.0 Å². The minimum absolute atomic E-state index is 0.0226. The summed E-state index contributed by atoms with van der Waals surface area (Å²) in [6.07, 6.45) is -4.81. The molecular formula is C21H23ClFN5O9P2. The third-order valence-corrected chi connectivity index (χ3v) is 9.65. The van der Waals surface area contributed by atoms with E-state index in [4.69, 9.17) is 30.6 Å². The van der Waals surface area contributed by atoms with Gasteiger partial charge in [-0.05, 0) is 13.0 Å². The Bertz CT molecular complexity index is 1530. The van der Waals surface area contributed by atoms with Crippen LogP contribution in [0.4, 0.5) is 10.1 Å². The molecule has 6 atom stereocenters. The maximum atomic E-state index is 14.3. The second-order valence-electron chi connectivity index (χ2n) is 8.76. The lowest BCUT2D eigenvalue weighted by molar-refractivity contribution is -0.0483. The average molecular weight is 606 g/mol. The predicted molar refractivity (Wildman–Crippen MR) is 134 cm³/mol. The molecule has 0 radical (unpaired) electrons. The van der Waals surface area contributed by atoms with Crippen LogP contribution in [0.25, 0.3) is 11.2 Å². The Morgan fingerprint density at radius 1 is 1.28 bits per heavy atom. The van der Waals surface area contributed by atoms with Crippen LogP contribution in [0.3, 0.4) is 0 Å². The Kier molecular flexibility index (Phi) is 8.47. The number of fused-ring (bicyclic) bond motifs is 1. The zero-order chi connectivity index (χ0) is 28.7. The third-order valence-electron chi connectivity index (χ3n) is 5.92. The van der Waals surface area contributed by atoms with Gasteiger partial charge in [0.05, 0.1) is 24.7 Å². The fraction of sp³-hybridized carbons (Fsp3) is 0.381. The molecule has 1 fully saturated rings. The molecule has 1 aromatic carbocycles. The van der Waals surface area contributed by atoms with E-state index in [-0.39, 0.29) is 27.6 Å². The Hall–Kier alpha value is -2.47. The SMILES string of the molecule is C[C@@H](Nc1c(C#N)c(Cl)nc2c1ncn2[C@@H]1O[C@H](COP(=O)(O)CP(=O)(O)O)[C@@H](O)[C@H]1O)c1ccccc1F. The fourth-order valence-corrected chi connectivity index (χ4v) is 6.91. The largest absolute Gasteiger partial charge is 0.387 e. The van der Waals surface area contributed by atoms with Crippen LogP contribution in [-0.4, -0.2) is 70.3 Å². The van der Waals surface area contributed by atoms with Crippen molar-refractivity contribution in [1.29, 1.82) is 5.26 Å². The average Bonchev–Trinajstić information content (AvgIpc) is 3.37. The molecule has 0 saturated carbocycles. The van der Waals surface area contributed by atoms with Gasteiger partial charge >= 0.3 is 15.2 Å². The summed E-state index contributed by atoms with van der Waals surface area (Å²) >= 11 is 6.27. The van der Waals surface area contributed by atoms with Crippen molar-refractivity contribution in [3.8, 4) is 6.07 Å². The second-order valence-corrected chi connectivity index (χ2v) is 13.1. The summed E-state index contributed by atoms with van der Waals surface area (Å²) in [5.41, 5.74) is 0.511. The number of benzene rings is 1. The molecule has 2 aromatic heterocycles. The minimum Gasteiger partial charge on any atom is -0.387 e. The van der Waals surface area contributed by atoms with Gasteiger partial charge < -0.3 is 39.5 Å². The zero-order valence-corrected chi connectivity index (χ0v) is 22.5. The first kappa shape index (κ1) is 29.5. The van der Waals surface area contributed by atoms with Gasteiger partial charge in [0.25, 0.3) is 0 Å². The summed E-state index contributed by atoms with van der Waals surface area (Å²) in [6.45, 7) is 0.878. The van der Waals surface area contributed by atoms with Crippen LogP contribution in [0, 0.1) is 17.1 Å². The number of halogens is 2. The first-order chi connectivity index (χ1) is 18.2. The van der Waals surface area contributed by atoms with Crippen LogP contribution in [0.15, 0.2) is 30.6 Å². The van der Waals surface area contributed by atoms with E-state index in [1.807, 2.05) is 6.07 Å². The van der Waals surface area contributed by atoms with E-state index in [0.29, 0.717) is 5.56 Å². The van der Waals surface area contributed by atoms with Crippen molar-refractivity contribution in [3.63, 3.8) is 0 Å². The Balaban J connectivity index is 1.63. The topological polar surface area (TPSA) is 220 Å². The molecule has 210 valence electrons. The first-order valence-corrected chi connectivity index (χ1v) is 15.2. The van der Waals surface area contributed by atoms with Crippen LogP contribution in [0.2, 0.25) is 5.15 Å². The molecule has 0 aliphatic carbocycles. The van der Waals surface area contributed by atoms with Gasteiger partial charge in [0, 0.05) is 5.56 Å². The van der Waals surface area contributed by atoms with Gasteiger partial charge in [-0.15, -0.1) is 0 Å². The maximum Gasteiger partial charge on any atom is 0.340 e. The lowest BCUT2D eigenvalue weighted by Gasteiger charge is -2.19. The van der Waals surface area contributed by atoms with Crippen LogP contribution < -0.4 is 5.32 Å². The minimum atomic E-state index is -4.88. The quantitative estimate of drug-likeness (QED) is 0.152. The number of aromatic nitrogens is 3. The highest BCUT2D eigenvalue weighted by Crippen LogP contribution is 2.55. The molecule has 0 bridgehead atoms. The highest BCUT2D eigenvalue weighted by molar-refractivity contribution is 7.70. The number of hydrogen-bond acceptors (Lipinski definition) is 10. The Morgan fingerprint density at radius 3 is 2.62 bits per heavy atom. The standard InChI is InChI=1S/C21H23ClFN5O9P2/c1-10(11-4-2-3-5-13(11)23)26-15-12(6-24)19(22)27-20-16(15)25-8-28(20)21-18(30)17(29)14(37-21)7-36-39(34,35)9-38(31,32)33/h2-5,8,10,14,17-18,21,29-30H,7,9H2,1H3,(H,26,27)(H,34,35)(H2,31,32,33)/t10-,14-,17-,18-,21-/m1/s1. The number of hydrogen-bond donors (Lipinski definition) is 6. The molecule has 0 spiro atoms. The summed E-state index contributed by atoms with van der Waals surface area (Å²) in [5.74, 6) is -1.91. The summed E-state index contributed by atoms with van der Waals surface area (Å²) in [5, 5.41) is 33.6. The summed E-state index contributed by atoms with van der Waals surface area (Å²) < 4.78 is 48.9.